The second-order valence-electron chi connectivity index (χ2n) is 3.98. The van der Waals surface area contributed by atoms with Gasteiger partial charge in [0, 0.05) is 10.6 Å². The Morgan fingerprint density at radius 2 is 1.80 bits per heavy atom. The summed E-state index contributed by atoms with van der Waals surface area (Å²) in [5.74, 6) is 0.317. The van der Waals surface area contributed by atoms with E-state index in [1.54, 1.807) is 24.3 Å². The largest absolute Gasteiger partial charge is 0.488 e. The van der Waals surface area contributed by atoms with E-state index < -0.39 is 0 Å². The Bertz CT molecular complexity index is 645. The SMILES string of the molecule is NC(=NO)c1c(Cl)cccc1OCc1ccccc1Cl. The summed E-state index contributed by atoms with van der Waals surface area (Å²) in [6.07, 6.45) is 0. The molecule has 0 aliphatic heterocycles. The van der Waals surface area contributed by atoms with E-state index in [4.69, 9.17) is 38.9 Å². The van der Waals surface area contributed by atoms with E-state index in [9.17, 15) is 0 Å². The minimum absolute atomic E-state index is 0.107. The highest BCUT2D eigenvalue weighted by molar-refractivity contribution is 6.34. The molecule has 0 unspecified atom stereocenters. The van der Waals surface area contributed by atoms with Gasteiger partial charge in [0.2, 0.25) is 0 Å². The van der Waals surface area contributed by atoms with Gasteiger partial charge in [-0.3, -0.25) is 0 Å². The predicted molar refractivity (Wildman–Crippen MR) is 79.7 cm³/mol. The maximum Gasteiger partial charge on any atom is 0.175 e. The number of rotatable bonds is 4. The molecule has 6 heteroatoms. The van der Waals surface area contributed by atoms with Crippen LogP contribution in [0.15, 0.2) is 47.6 Å². The molecule has 2 aromatic carbocycles. The number of benzene rings is 2. The first kappa shape index (κ1) is 14.5. The van der Waals surface area contributed by atoms with E-state index in [1.165, 1.54) is 0 Å². The lowest BCUT2D eigenvalue weighted by Gasteiger charge is -2.12. The van der Waals surface area contributed by atoms with Crippen molar-refractivity contribution in [2.75, 3.05) is 0 Å². The zero-order valence-electron chi connectivity index (χ0n) is 10.4. The number of oxime groups is 1. The van der Waals surface area contributed by atoms with Crippen LogP contribution >= 0.6 is 23.2 Å². The Kier molecular flexibility index (Phi) is 4.71. The zero-order valence-corrected chi connectivity index (χ0v) is 11.9. The van der Waals surface area contributed by atoms with Crippen LogP contribution in [-0.4, -0.2) is 11.0 Å². The van der Waals surface area contributed by atoms with Gasteiger partial charge in [-0.1, -0.05) is 52.6 Å². The average molecular weight is 311 g/mol. The number of ether oxygens (including phenoxy) is 1. The third-order valence-electron chi connectivity index (χ3n) is 2.68. The molecule has 0 spiro atoms. The Hall–Kier alpha value is -1.91. The molecule has 2 aromatic rings. The minimum Gasteiger partial charge on any atom is -0.488 e. The van der Waals surface area contributed by atoms with E-state index in [0.717, 1.165) is 5.56 Å². The molecule has 2 rings (SSSR count). The summed E-state index contributed by atoms with van der Waals surface area (Å²) in [6, 6.07) is 12.4. The molecule has 0 atom stereocenters. The van der Waals surface area contributed by atoms with Gasteiger partial charge in [-0.25, -0.2) is 0 Å². The molecule has 20 heavy (non-hydrogen) atoms. The maximum atomic E-state index is 8.79. The molecule has 0 saturated carbocycles. The summed E-state index contributed by atoms with van der Waals surface area (Å²) in [6.45, 7) is 0.256. The Balaban J connectivity index is 2.27. The van der Waals surface area contributed by atoms with E-state index in [1.807, 2.05) is 18.2 Å². The molecule has 104 valence electrons. The topological polar surface area (TPSA) is 67.8 Å². The van der Waals surface area contributed by atoms with Crippen molar-refractivity contribution in [2.45, 2.75) is 6.61 Å². The van der Waals surface area contributed by atoms with Gasteiger partial charge in [0.15, 0.2) is 5.84 Å². The molecule has 0 fully saturated rings. The minimum atomic E-state index is -0.107. The van der Waals surface area contributed by atoms with Crippen LogP contribution in [0.4, 0.5) is 0 Å². The normalized spacial score (nSPS) is 11.4. The Morgan fingerprint density at radius 3 is 2.50 bits per heavy atom. The monoisotopic (exact) mass is 310 g/mol. The van der Waals surface area contributed by atoms with Crippen molar-refractivity contribution in [1.29, 1.82) is 0 Å². The molecule has 0 radical (unpaired) electrons. The second kappa shape index (κ2) is 6.50. The Morgan fingerprint density at radius 1 is 1.10 bits per heavy atom. The van der Waals surface area contributed by atoms with Gasteiger partial charge >= 0.3 is 0 Å². The van der Waals surface area contributed by atoms with Crippen molar-refractivity contribution < 1.29 is 9.94 Å². The third kappa shape index (κ3) is 3.15. The number of hydrogen-bond acceptors (Lipinski definition) is 3. The molecule has 3 N–H and O–H groups in total. The van der Waals surface area contributed by atoms with Crippen LogP contribution in [0.3, 0.4) is 0 Å². The fourth-order valence-corrected chi connectivity index (χ4v) is 2.15. The number of hydrogen-bond donors (Lipinski definition) is 2. The number of nitrogens with zero attached hydrogens (tertiary/aromatic N) is 1. The lowest BCUT2D eigenvalue weighted by Crippen LogP contribution is -2.15. The van der Waals surface area contributed by atoms with Gasteiger partial charge in [0.05, 0.1) is 10.6 Å². The van der Waals surface area contributed by atoms with Crippen LogP contribution in [-0.2, 0) is 6.61 Å². The molecule has 0 aliphatic carbocycles. The van der Waals surface area contributed by atoms with Crippen LogP contribution in [0, 0.1) is 0 Å². The summed E-state index contributed by atoms with van der Waals surface area (Å²) < 4.78 is 5.67. The predicted octanol–water partition coefficient (Wildman–Crippen LogP) is 3.67. The summed E-state index contributed by atoms with van der Waals surface area (Å²) in [5.41, 5.74) is 6.79. The van der Waals surface area contributed by atoms with Crippen molar-refractivity contribution in [3.8, 4) is 5.75 Å². The molecule has 0 heterocycles. The van der Waals surface area contributed by atoms with E-state index in [2.05, 4.69) is 5.16 Å². The Labute approximate surface area is 126 Å². The number of amidine groups is 1. The molecule has 0 aromatic heterocycles. The standard InChI is InChI=1S/C14H12Cl2N2O2/c15-10-5-2-1-4-9(10)8-20-12-7-3-6-11(16)13(12)14(17)18-19/h1-7,19H,8H2,(H2,17,18). The highest BCUT2D eigenvalue weighted by atomic mass is 35.5. The fraction of sp³-hybridized carbons (Fsp3) is 0.0714. The third-order valence-corrected chi connectivity index (χ3v) is 3.36. The highest BCUT2D eigenvalue weighted by Crippen LogP contribution is 2.27. The van der Waals surface area contributed by atoms with Gasteiger partial charge < -0.3 is 15.7 Å². The molecule has 0 aliphatic rings. The van der Waals surface area contributed by atoms with E-state index in [-0.39, 0.29) is 12.4 Å². The smallest absolute Gasteiger partial charge is 0.175 e. The fourth-order valence-electron chi connectivity index (χ4n) is 1.69. The van der Waals surface area contributed by atoms with Gasteiger partial charge in [0.25, 0.3) is 0 Å². The van der Waals surface area contributed by atoms with Crippen LogP contribution in [0.5, 0.6) is 5.75 Å². The summed E-state index contributed by atoms with van der Waals surface area (Å²) in [7, 11) is 0. The molecule has 0 amide bonds. The molecule has 0 bridgehead atoms. The zero-order chi connectivity index (χ0) is 14.5. The van der Waals surface area contributed by atoms with Gasteiger partial charge in [-0.2, -0.15) is 0 Å². The van der Waals surface area contributed by atoms with E-state index in [0.29, 0.717) is 21.4 Å². The van der Waals surface area contributed by atoms with Crippen LogP contribution < -0.4 is 10.5 Å². The first-order valence-electron chi connectivity index (χ1n) is 5.76. The average Bonchev–Trinajstić information content (AvgIpc) is 2.46. The number of halogens is 2. The molecule has 4 nitrogen and oxygen atoms in total. The maximum absolute atomic E-state index is 8.79. The van der Waals surface area contributed by atoms with Crippen molar-refractivity contribution in [2.24, 2.45) is 10.9 Å². The van der Waals surface area contributed by atoms with Gasteiger partial charge in [-0.05, 0) is 18.2 Å². The summed E-state index contributed by atoms with van der Waals surface area (Å²) >= 11 is 12.1. The van der Waals surface area contributed by atoms with E-state index >= 15 is 0 Å². The summed E-state index contributed by atoms with van der Waals surface area (Å²) in [4.78, 5) is 0. The van der Waals surface area contributed by atoms with Crippen molar-refractivity contribution >= 4 is 29.0 Å². The molecular weight excluding hydrogens is 299 g/mol. The lowest BCUT2D eigenvalue weighted by atomic mass is 10.2. The van der Waals surface area contributed by atoms with Crippen LogP contribution in [0.2, 0.25) is 10.0 Å². The first-order chi connectivity index (χ1) is 9.63. The summed E-state index contributed by atoms with van der Waals surface area (Å²) in [5, 5.41) is 12.7. The van der Waals surface area contributed by atoms with Crippen LogP contribution in [0.25, 0.3) is 0 Å². The van der Waals surface area contributed by atoms with Gasteiger partial charge in [0.1, 0.15) is 12.4 Å². The lowest BCUT2D eigenvalue weighted by molar-refractivity contribution is 0.303. The van der Waals surface area contributed by atoms with Crippen molar-refractivity contribution in [1.82, 2.24) is 0 Å². The highest BCUT2D eigenvalue weighted by Gasteiger charge is 2.13. The van der Waals surface area contributed by atoms with Crippen molar-refractivity contribution in [3.05, 3.63) is 63.6 Å². The molecular formula is C14H12Cl2N2O2. The number of nitrogens with two attached hydrogens (primary N) is 1. The first-order valence-corrected chi connectivity index (χ1v) is 6.51. The second-order valence-corrected chi connectivity index (χ2v) is 4.79. The van der Waals surface area contributed by atoms with Crippen molar-refractivity contribution in [3.63, 3.8) is 0 Å². The molecule has 0 saturated heterocycles. The van der Waals surface area contributed by atoms with Crippen LogP contribution in [0.1, 0.15) is 11.1 Å². The van der Waals surface area contributed by atoms with Gasteiger partial charge in [-0.15, -0.1) is 0 Å². The quantitative estimate of drug-likeness (QED) is 0.392.